The van der Waals surface area contributed by atoms with Crippen LogP contribution in [0, 0.1) is 55.1 Å². The highest BCUT2D eigenvalue weighted by molar-refractivity contribution is 5.70. The zero-order chi connectivity index (χ0) is 28.6. The largest absolute Gasteiger partial charge is 0.445 e. The molecule has 0 heterocycles. The molecule has 4 rings (SSSR count). The molecule has 0 fully saturated rings. The number of benzene rings is 2. The molecule has 202 valence electrons. The van der Waals surface area contributed by atoms with Crippen LogP contribution in [-0.2, 0) is 0 Å². The van der Waals surface area contributed by atoms with Gasteiger partial charge in [0.1, 0.15) is 0 Å². The number of nitro benzene ring substituents is 2. The van der Waals surface area contributed by atoms with E-state index in [0.29, 0.717) is 9.80 Å². The minimum absolute atomic E-state index is 0.664. The Morgan fingerprint density at radius 1 is 0.658 bits per heavy atom. The van der Waals surface area contributed by atoms with Crippen molar-refractivity contribution >= 4 is 22.7 Å². The van der Waals surface area contributed by atoms with Crippen LogP contribution in [0.2, 0.25) is 0 Å². The summed E-state index contributed by atoms with van der Waals surface area (Å²) in [6, 6.07) is 0. The molecule has 0 atom stereocenters. The second-order valence-electron chi connectivity index (χ2n) is 8.33. The average molecular weight is 544 g/mol. The maximum absolute atomic E-state index is 14.8. The number of allylic oxidation sites excluding steroid dienone is 6. The van der Waals surface area contributed by atoms with Gasteiger partial charge in [-0.2, -0.15) is 17.6 Å². The molecule has 0 unspecified atom stereocenters. The van der Waals surface area contributed by atoms with Crippen molar-refractivity contribution in [2.24, 2.45) is 0 Å². The van der Waals surface area contributed by atoms with Crippen molar-refractivity contribution in [3.05, 3.63) is 90.6 Å². The lowest BCUT2D eigenvalue weighted by Gasteiger charge is -2.19. The van der Waals surface area contributed by atoms with Crippen LogP contribution in [0.25, 0.3) is 0 Å². The molecule has 0 amide bonds. The molecule has 0 aliphatic heterocycles. The maximum Gasteiger partial charge on any atom is 0.334 e. The highest BCUT2D eigenvalue weighted by atomic mass is 19.2. The monoisotopic (exact) mass is 544 g/mol. The summed E-state index contributed by atoms with van der Waals surface area (Å²) >= 11 is 0. The van der Waals surface area contributed by atoms with Gasteiger partial charge in [0, 0.05) is 28.2 Å². The van der Waals surface area contributed by atoms with Crippen LogP contribution in [0.15, 0.2) is 35.5 Å². The number of hydrogen-bond donors (Lipinski definition) is 0. The summed E-state index contributed by atoms with van der Waals surface area (Å²) in [7, 11) is 4.07. The first-order chi connectivity index (χ1) is 17.7. The lowest BCUT2D eigenvalue weighted by Crippen LogP contribution is -2.18. The Bertz CT molecular complexity index is 1350. The van der Waals surface area contributed by atoms with Gasteiger partial charge in [-0.05, 0) is 17.6 Å². The minimum atomic E-state index is -2.33. The summed E-state index contributed by atoms with van der Waals surface area (Å²) in [4.78, 5) is 20.5. The zero-order valence-corrected chi connectivity index (χ0v) is 20.1. The fraction of sp³-hybridized carbons (Fsp3) is 0.217. The fourth-order valence-corrected chi connectivity index (χ4v) is 3.67. The molecule has 0 spiro atoms. The number of anilines is 2. The molecule has 2 aliphatic rings. The molecule has 2 aliphatic carbocycles. The quantitative estimate of drug-likeness (QED) is 0.188. The molecule has 9 nitrogen and oxygen atoms in total. The number of ether oxygens (including phenoxy) is 1. The van der Waals surface area contributed by atoms with E-state index < -0.39 is 79.0 Å². The van der Waals surface area contributed by atoms with Gasteiger partial charge < -0.3 is 14.5 Å². The molecule has 2 bridgehead atoms. The first-order valence-corrected chi connectivity index (χ1v) is 10.5. The third-order valence-electron chi connectivity index (χ3n) is 5.36. The zero-order valence-electron chi connectivity index (χ0n) is 20.1. The maximum atomic E-state index is 14.8. The van der Waals surface area contributed by atoms with Gasteiger partial charge in [-0.25, -0.2) is 8.78 Å². The summed E-state index contributed by atoms with van der Waals surface area (Å²) in [5.74, 6) is -16.6. The summed E-state index contributed by atoms with van der Waals surface area (Å²) in [6.07, 6.45) is 9.90. The van der Waals surface area contributed by atoms with Gasteiger partial charge in [-0.15, -0.1) is 0 Å². The van der Waals surface area contributed by atoms with E-state index in [9.17, 15) is 46.6 Å². The van der Waals surface area contributed by atoms with Gasteiger partial charge in [-0.3, -0.25) is 20.2 Å². The minimum Gasteiger partial charge on any atom is -0.445 e. The SMILES string of the molecule is C1=CC2=CC=C1C2.CN(C)c1c(F)c(Oc2c(F)c(F)c([N+](=O)[O-])c(N(C)C)c2F)c(F)c(F)c1[N+](=O)[O-]. The van der Waals surface area contributed by atoms with Crippen LogP contribution in [0.5, 0.6) is 11.5 Å². The first kappa shape index (κ1) is 28.0. The van der Waals surface area contributed by atoms with Crippen LogP contribution in [-0.4, -0.2) is 38.0 Å². The van der Waals surface area contributed by atoms with Gasteiger partial charge >= 0.3 is 11.4 Å². The van der Waals surface area contributed by atoms with Crippen LogP contribution in [0.1, 0.15) is 6.42 Å². The van der Waals surface area contributed by atoms with Crippen LogP contribution in [0.3, 0.4) is 0 Å². The second kappa shape index (κ2) is 10.4. The molecule has 0 saturated heterocycles. The molecule has 2 aromatic carbocycles. The summed E-state index contributed by atoms with van der Waals surface area (Å²) in [6.45, 7) is 0. The summed E-state index contributed by atoms with van der Waals surface area (Å²) in [5.41, 5.74) is -2.61. The Kier molecular flexibility index (Phi) is 7.69. The van der Waals surface area contributed by atoms with Crippen molar-refractivity contribution in [1.29, 1.82) is 0 Å². The average Bonchev–Trinajstić information content (AvgIpc) is 3.48. The van der Waals surface area contributed by atoms with Crippen molar-refractivity contribution in [2.75, 3.05) is 38.0 Å². The topological polar surface area (TPSA) is 102 Å². The number of nitro groups is 2. The molecule has 0 saturated carbocycles. The van der Waals surface area contributed by atoms with Gasteiger partial charge in [0.05, 0.1) is 9.85 Å². The van der Waals surface area contributed by atoms with E-state index in [1.165, 1.54) is 17.6 Å². The van der Waals surface area contributed by atoms with Crippen molar-refractivity contribution in [3.8, 4) is 11.5 Å². The molecule has 0 aromatic heterocycles. The molecule has 0 N–H and O–H groups in total. The number of halogens is 6. The second-order valence-corrected chi connectivity index (χ2v) is 8.33. The number of fused-ring (bicyclic) bond motifs is 2. The van der Waals surface area contributed by atoms with Gasteiger partial charge in [0.15, 0.2) is 23.0 Å². The van der Waals surface area contributed by atoms with E-state index in [1.54, 1.807) is 0 Å². The predicted molar refractivity (Wildman–Crippen MR) is 125 cm³/mol. The Hall–Kier alpha value is -4.56. The number of hydrogen-bond acceptors (Lipinski definition) is 7. The number of rotatable bonds is 6. The Morgan fingerprint density at radius 3 is 1.21 bits per heavy atom. The van der Waals surface area contributed by atoms with Crippen LogP contribution < -0.4 is 14.5 Å². The predicted octanol–water partition coefficient (Wildman–Crippen LogP) is 6.07. The third kappa shape index (κ3) is 4.86. The van der Waals surface area contributed by atoms with Gasteiger partial charge in [0.2, 0.25) is 34.8 Å². The first-order valence-electron chi connectivity index (χ1n) is 10.5. The molecule has 2 aromatic rings. The molecular formula is C23H18F6N4O5. The van der Waals surface area contributed by atoms with Crippen molar-refractivity contribution in [1.82, 2.24) is 0 Å². The lowest BCUT2D eigenvalue weighted by molar-refractivity contribution is -0.387. The molecule has 15 heteroatoms. The normalized spacial score (nSPS) is 13.0. The van der Waals surface area contributed by atoms with Gasteiger partial charge in [0.25, 0.3) is 0 Å². The van der Waals surface area contributed by atoms with Crippen LogP contribution in [0.4, 0.5) is 49.1 Å². The smallest absolute Gasteiger partial charge is 0.334 e. The molecular weight excluding hydrogens is 526 g/mol. The Balaban J connectivity index is 0.000000483. The highest BCUT2D eigenvalue weighted by Gasteiger charge is 2.39. The van der Waals surface area contributed by atoms with Crippen molar-refractivity contribution in [3.63, 3.8) is 0 Å². The van der Waals surface area contributed by atoms with Gasteiger partial charge in [-0.1, -0.05) is 24.3 Å². The van der Waals surface area contributed by atoms with E-state index in [1.807, 2.05) is 0 Å². The van der Waals surface area contributed by atoms with E-state index in [4.69, 9.17) is 0 Å². The summed E-state index contributed by atoms with van der Waals surface area (Å²) in [5, 5.41) is 22.0. The Labute approximate surface area is 210 Å². The fourth-order valence-electron chi connectivity index (χ4n) is 3.67. The van der Waals surface area contributed by atoms with E-state index in [2.05, 4.69) is 29.0 Å². The third-order valence-corrected chi connectivity index (χ3v) is 5.36. The summed E-state index contributed by atoms with van der Waals surface area (Å²) < 4.78 is 91.1. The van der Waals surface area contributed by atoms with Crippen LogP contribution >= 0.6 is 0 Å². The number of nitrogens with zero attached hydrogens (tertiary/aromatic N) is 4. The van der Waals surface area contributed by atoms with Crippen molar-refractivity contribution in [2.45, 2.75) is 6.42 Å². The van der Waals surface area contributed by atoms with E-state index in [-0.39, 0.29) is 0 Å². The van der Waals surface area contributed by atoms with Crippen molar-refractivity contribution < 1.29 is 40.9 Å². The van der Waals surface area contributed by atoms with E-state index in [0.717, 1.165) is 28.2 Å². The molecule has 38 heavy (non-hydrogen) atoms. The lowest BCUT2D eigenvalue weighted by atomic mass is 10.2. The standard InChI is InChI=1S/C16H12F6N4O5.C7H6/c1-23(2)11-9(21)15(7(19)5(17)13(11)25(27)28)31-16-8(20)6(18)14(26(29)30)12(10(16)22)24(3)4;1-2-7-4-3-6(1)5-7/h1-4H3;1-4H,5H2. The molecule has 0 radical (unpaired) electrons. The highest BCUT2D eigenvalue weighted by Crippen LogP contribution is 2.46. The Morgan fingerprint density at radius 2 is 1.00 bits per heavy atom. The van der Waals surface area contributed by atoms with E-state index >= 15 is 0 Å².